The van der Waals surface area contributed by atoms with Crippen LogP contribution in [0.2, 0.25) is 0 Å². The molecular formula is C13H17F3N2O2. The van der Waals surface area contributed by atoms with Gasteiger partial charge in [-0.3, -0.25) is 0 Å². The number of hydrogen-bond donors (Lipinski definition) is 2. The van der Waals surface area contributed by atoms with Gasteiger partial charge in [0.2, 0.25) is 0 Å². The van der Waals surface area contributed by atoms with Crippen molar-refractivity contribution in [2.75, 3.05) is 17.7 Å². The molecule has 0 fully saturated rings. The highest BCUT2D eigenvalue weighted by molar-refractivity contribution is 5.98. The quantitative estimate of drug-likeness (QED) is 0.645. The Labute approximate surface area is 115 Å². The number of carbonyl (C=O) groups excluding carboxylic acids is 1. The van der Waals surface area contributed by atoms with Crippen LogP contribution >= 0.6 is 0 Å². The first-order chi connectivity index (χ1) is 9.24. The highest BCUT2D eigenvalue weighted by Gasteiger charge is 2.30. The summed E-state index contributed by atoms with van der Waals surface area (Å²) in [5, 5.41) is 2.63. The van der Waals surface area contributed by atoms with Gasteiger partial charge in [0, 0.05) is 6.04 Å². The monoisotopic (exact) mass is 290 g/mol. The highest BCUT2D eigenvalue weighted by atomic mass is 19.4. The molecule has 1 unspecified atom stereocenters. The molecule has 0 heterocycles. The number of anilines is 2. The van der Waals surface area contributed by atoms with E-state index < -0.39 is 24.6 Å². The van der Waals surface area contributed by atoms with Gasteiger partial charge in [-0.25, -0.2) is 4.79 Å². The van der Waals surface area contributed by atoms with Crippen molar-refractivity contribution >= 4 is 17.3 Å². The van der Waals surface area contributed by atoms with Crippen molar-refractivity contribution in [2.24, 2.45) is 0 Å². The first-order valence-electron chi connectivity index (χ1n) is 6.13. The second-order valence-corrected chi connectivity index (χ2v) is 4.35. The van der Waals surface area contributed by atoms with E-state index in [1.54, 1.807) is 13.0 Å². The largest absolute Gasteiger partial charge is 0.462 e. The van der Waals surface area contributed by atoms with Crippen LogP contribution in [0.3, 0.4) is 0 Å². The molecule has 0 spiro atoms. The summed E-state index contributed by atoms with van der Waals surface area (Å²) in [6, 6.07) is 3.59. The molecule has 1 atom stereocenters. The Balaban J connectivity index is 2.96. The predicted molar refractivity (Wildman–Crippen MR) is 70.6 cm³/mol. The molecule has 3 N–H and O–H groups in total. The molecule has 112 valence electrons. The molecule has 0 saturated carbocycles. The van der Waals surface area contributed by atoms with E-state index in [1.807, 2.05) is 0 Å². The van der Waals surface area contributed by atoms with Gasteiger partial charge in [-0.1, -0.05) is 6.07 Å². The van der Waals surface area contributed by atoms with Crippen molar-refractivity contribution in [1.82, 2.24) is 0 Å². The number of rotatable bonds is 5. The van der Waals surface area contributed by atoms with Crippen molar-refractivity contribution in [3.8, 4) is 0 Å². The zero-order chi connectivity index (χ0) is 15.3. The highest BCUT2D eigenvalue weighted by Crippen LogP contribution is 2.28. The number of nitrogen functional groups attached to an aromatic ring is 1. The molecule has 4 nitrogen and oxygen atoms in total. The van der Waals surface area contributed by atoms with E-state index >= 15 is 0 Å². The average molecular weight is 290 g/mol. The van der Waals surface area contributed by atoms with Crippen molar-refractivity contribution in [3.05, 3.63) is 23.8 Å². The molecule has 0 saturated heterocycles. The number of hydrogen-bond acceptors (Lipinski definition) is 4. The van der Waals surface area contributed by atoms with Crippen molar-refractivity contribution in [2.45, 2.75) is 32.5 Å². The number of nitrogens with two attached hydrogens (primary N) is 1. The molecule has 1 aromatic rings. The molecule has 7 heteroatoms. The number of alkyl halides is 3. The Kier molecular flexibility index (Phi) is 5.24. The Bertz CT molecular complexity index is 475. The van der Waals surface area contributed by atoms with Gasteiger partial charge in [0.1, 0.15) is 0 Å². The van der Waals surface area contributed by atoms with E-state index in [2.05, 4.69) is 5.32 Å². The number of para-hydroxylation sites is 1. The molecule has 0 aliphatic carbocycles. The van der Waals surface area contributed by atoms with Crippen molar-refractivity contribution < 1.29 is 22.7 Å². The van der Waals surface area contributed by atoms with E-state index in [0.717, 1.165) is 0 Å². The molecule has 1 aromatic carbocycles. The number of nitrogens with one attached hydrogen (secondary N) is 1. The van der Waals surface area contributed by atoms with Crippen LogP contribution in [0.15, 0.2) is 18.2 Å². The normalized spacial score (nSPS) is 12.8. The summed E-state index contributed by atoms with van der Waals surface area (Å²) in [6.45, 7) is 3.18. The molecule has 0 amide bonds. The molecule has 0 aliphatic rings. The minimum absolute atomic E-state index is 0.126. The Hall–Kier alpha value is -1.92. The average Bonchev–Trinajstić information content (AvgIpc) is 2.29. The van der Waals surface area contributed by atoms with Crippen LogP contribution in [0.4, 0.5) is 24.5 Å². The van der Waals surface area contributed by atoms with Crippen LogP contribution in [0.1, 0.15) is 30.6 Å². The maximum Gasteiger partial charge on any atom is 0.391 e. The van der Waals surface area contributed by atoms with Gasteiger partial charge in [-0.15, -0.1) is 0 Å². The van der Waals surface area contributed by atoms with Gasteiger partial charge < -0.3 is 15.8 Å². The smallest absolute Gasteiger partial charge is 0.391 e. The summed E-state index contributed by atoms with van der Waals surface area (Å²) in [4.78, 5) is 11.7. The Morgan fingerprint density at radius 2 is 2.10 bits per heavy atom. The zero-order valence-electron chi connectivity index (χ0n) is 11.3. The van der Waals surface area contributed by atoms with E-state index in [9.17, 15) is 18.0 Å². The topological polar surface area (TPSA) is 64.3 Å². The SMILES string of the molecule is CCOC(=O)c1cccc(N)c1NC(C)CC(F)(F)F. The first-order valence-corrected chi connectivity index (χ1v) is 6.13. The second kappa shape index (κ2) is 6.49. The third-order valence-electron chi connectivity index (χ3n) is 2.52. The van der Waals surface area contributed by atoms with E-state index in [1.165, 1.54) is 19.1 Å². The van der Waals surface area contributed by atoms with Crippen LogP contribution in [0, 0.1) is 0 Å². The van der Waals surface area contributed by atoms with Crippen LogP contribution in [0.25, 0.3) is 0 Å². The fraction of sp³-hybridized carbons (Fsp3) is 0.462. The zero-order valence-corrected chi connectivity index (χ0v) is 11.3. The molecule has 1 rings (SSSR count). The van der Waals surface area contributed by atoms with Gasteiger partial charge >= 0.3 is 12.1 Å². The standard InChI is InChI=1S/C13H17F3N2O2/c1-3-20-12(19)9-5-4-6-10(17)11(9)18-8(2)7-13(14,15)16/h4-6,8,18H,3,7,17H2,1-2H3. The summed E-state index contributed by atoms with van der Waals surface area (Å²) in [6.07, 6.45) is -5.32. The van der Waals surface area contributed by atoms with Gasteiger partial charge in [0.25, 0.3) is 0 Å². The second-order valence-electron chi connectivity index (χ2n) is 4.35. The van der Waals surface area contributed by atoms with Crippen LogP contribution in [-0.2, 0) is 4.74 Å². The van der Waals surface area contributed by atoms with Gasteiger partial charge in [-0.05, 0) is 26.0 Å². The van der Waals surface area contributed by atoms with Crippen LogP contribution in [-0.4, -0.2) is 24.8 Å². The third-order valence-corrected chi connectivity index (χ3v) is 2.52. The number of ether oxygens (including phenoxy) is 1. The number of carbonyl (C=O) groups is 1. The van der Waals surface area contributed by atoms with Crippen LogP contribution in [0.5, 0.6) is 0 Å². The summed E-state index contributed by atoms with van der Waals surface area (Å²) >= 11 is 0. The fourth-order valence-corrected chi connectivity index (χ4v) is 1.75. The predicted octanol–water partition coefficient (Wildman–Crippen LogP) is 3.20. The number of esters is 1. The molecule has 0 aliphatic heterocycles. The maximum atomic E-state index is 12.3. The summed E-state index contributed by atoms with van der Waals surface area (Å²) in [7, 11) is 0. The van der Waals surface area contributed by atoms with Crippen molar-refractivity contribution in [1.29, 1.82) is 0 Å². The van der Waals surface area contributed by atoms with Gasteiger partial charge in [-0.2, -0.15) is 13.2 Å². The van der Waals surface area contributed by atoms with E-state index in [0.29, 0.717) is 0 Å². The fourth-order valence-electron chi connectivity index (χ4n) is 1.75. The summed E-state index contributed by atoms with van der Waals surface area (Å²) < 4.78 is 41.8. The summed E-state index contributed by atoms with van der Waals surface area (Å²) in [5.74, 6) is -0.624. The van der Waals surface area contributed by atoms with Gasteiger partial charge in [0.05, 0.1) is 30.0 Å². The van der Waals surface area contributed by atoms with E-state index in [4.69, 9.17) is 10.5 Å². The number of halogens is 3. The molecule has 20 heavy (non-hydrogen) atoms. The van der Waals surface area contributed by atoms with E-state index in [-0.39, 0.29) is 23.5 Å². The maximum absolute atomic E-state index is 12.3. The Morgan fingerprint density at radius 3 is 2.65 bits per heavy atom. The molecule has 0 aromatic heterocycles. The lowest BCUT2D eigenvalue weighted by molar-refractivity contribution is -0.136. The first kappa shape index (κ1) is 16.1. The number of benzene rings is 1. The summed E-state index contributed by atoms with van der Waals surface area (Å²) in [5.41, 5.74) is 6.21. The lowest BCUT2D eigenvalue weighted by Crippen LogP contribution is -2.25. The van der Waals surface area contributed by atoms with Gasteiger partial charge in [0.15, 0.2) is 0 Å². The lowest BCUT2D eigenvalue weighted by atomic mass is 10.1. The minimum atomic E-state index is -4.29. The molecule has 0 radical (unpaired) electrons. The lowest BCUT2D eigenvalue weighted by Gasteiger charge is -2.20. The minimum Gasteiger partial charge on any atom is -0.462 e. The Morgan fingerprint density at radius 1 is 1.45 bits per heavy atom. The van der Waals surface area contributed by atoms with Crippen LogP contribution < -0.4 is 11.1 Å². The van der Waals surface area contributed by atoms with Crippen molar-refractivity contribution in [3.63, 3.8) is 0 Å². The molecular weight excluding hydrogens is 273 g/mol. The molecule has 0 bridgehead atoms. The third kappa shape index (κ3) is 4.64.